The van der Waals surface area contributed by atoms with E-state index in [9.17, 15) is 24.9 Å². The van der Waals surface area contributed by atoms with E-state index < -0.39 is 108 Å². The van der Waals surface area contributed by atoms with E-state index in [0.717, 1.165) is 0 Å². The minimum absolute atomic E-state index is 0.116. The lowest BCUT2D eigenvalue weighted by Crippen LogP contribution is -2.60. The number of fused-ring (bicyclic) bond motifs is 1. The van der Waals surface area contributed by atoms with Crippen LogP contribution in [0, 0.1) is 17.8 Å². The summed E-state index contributed by atoms with van der Waals surface area (Å²) in [6.07, 6.45) is -6.52. The summed E-state index contributed by atoms with van der Waals surface area (Å²) >= 11 is 0. The van der Waals surface area contributed by atoms with E-state index in [2.05, 4.69) is 5.32 Å². The summed E-state index contributed by atoms with van der Waals surface area (Å²) in [6.45, 7) is 17.6. The van der Waals surface area contributed by atoms with Crippen LogP contribution in [0.2, 0.25) is 0 Å². The van der Waals surface area contributed by atoms with Gasteiger partial charge >= 0.3 is 5.97 Å². The molecule has 17 nitrogen and oxygen atoms in total. The molecule has 17 heteroatoms. The van der Waals surface area contributed by atoms with Crippen molar-refractivity contribution in [3.8, 4) is 0 Å². The highest BCUT2D eigenvalue weighted by atomic mass is 16.7. The van der Waals surface area contributed by atoms with Crippen LogP contribution >= 0.6 is 0 Å². The van der Waals surface area contributed by atoms with Gasteiger partial charge in [0.25, 0.3) is 6.02 Å². The molecule has 0 bridgehead atoms. The molecule has 4 N–H and O–H groups in total. The molecule has 5 rings (SSSR count). The molecular weight excluding hydrogens is 782 g/mol. The van der Waals surface area contributed by atoms with Crippen LogP contribution < -0.4 is 5.32 Å². The number of likely N-dealkylation sites (N-methyl/N-ethyl adjacent to an activating group) is 1. The fourth-order valence-corrected chi connectivity index (χ4v) is 9.45. The number of cyclic esters (lactones) is 1. The van der Waals surface area contributed by atoms with Crippen LogP contribution in [0.3, 0.4) is 0 Å². The van der Waals surface area contributed by atoms with Gasteiger partial charge in [0.2, 0.25) is 5.91 Å². The number of amides is 1. The highest BCUT2D eigenvalue weighted by Crippen LogP contribution is 2.42. The molecule has 1 amide bonds. The number of hydrogen-bond donors (Lipinski definition) is 4. The van der Waals surface area contributed by atoms with Crippen molar-refractivity contribution in [3.05, 3.63) is 24.2 Å². The van der Waals surface area contributed by atoms with Crippen LogP contribution in [0.4, 0.5) is 0 Å². The van der Waals surface area contributed by atoms with Gasteiger partial charge in [-0.25, -0.2) is 4.99 Å². The number of aliphatic hydroxyl groups is 3. The molecule has 0 radical (unpaired) electrons. The normalized spacial score (nSPS) is 45.6. The number of hydrogen-bond acceptors (Lipinski definition) is 15. The number of carbonyl (C=O) groups excluding carboxylic acids is 2. The number of aliphatic imine (C=N–C) groups is 1. The summed E-state index contributed by atoms with van der Waals surface area (Å²) in [5, 5.41) is 37.1. The Labute approximate surface area is 354 Å². The maximum Gasteiger partial charge on any atom is 0.311 e. The predicted octanol–water partition coefficient (Wildman–Crippen LogP) is 3.30. The number of methoxy groups -OCH3 is 2. The zero-order valence-electron chi connectivity index (χ0n) is 37.7. The number of nitrogens with zero attached hydrogens (tertiary/aromatic N) is 2. The summed E-state index contributed by atoms with van der Waals surface area (Å²) in [6, 6.07) is 2.95. The Bertz CT molecular complexity index is 1610. The second-order valence-corrected chi connectivity index (χ2v) is 18.2. The molecule has 0 unspecified atom stereocenters. The molecule has 1 aromatic heterocycles. The maximum atomic E-state index is 14.4. The van der Waals surface area contributed by atoms with Crippen molar-refractivity contribution in [2.45, 2.75) is 192 Å². The largest absolute Gasteiger partial charge is 0.467 e. The molecule has 342 valence electrons. The van der Waals surface area contributed by atoms with E-state index in [1.165, 1.54) is 21.1 Å². The molecule has 0 saturated carbocycles. The van der Waals surface area contributed by atoms with Crippen LogP contribution in [0.1, 0.15) is 101 Å². The summed E-state index contributed by atoms with van der Waals surface area (Å²) in [7, 11) is 4.96. The monoisotopic (exact) mass is 853 g/mol. The first-order valence-electron chi connectivity index (χ1n) is 21.4. The Morgan fingerprint density at radius 1 is 0.950 bits per heavy atom. The van der Waals surface area contributed by atoms with Gasteiger partial charge in [0.15, 0.2) is 18.7 Å². The minimum atomic E-state index is -1.95. The predicted molar refractivity (Wildman–Crippen MR) is 217 cm³/mol. The average Bonchev–Trinajstić information content (AvgIpc) is 3.85. The van der Waals surface area contributed by atoms with E-state index in [1.807, 2.05) is 38.8 Å². The number of aliphatic hydroxyl groups excluding tert-OH is 2. The molecule has 0 aliphatic carbocycles. The molecule has 4 aliphatic heterocycles. The minimum Gasteiger partial charge on any atom is -0.467 e. The lowest BCUT2D eigenvalue weighted by Gasteiger charge is -2.49. The molecule has 60 heavy (non-hydrogen) atoms. The molecule has 4 saturated heterocycles. The number of rotatable bonds is 9. The van der Waals surface area contributed by atoms with E-state index in [0.29, 0.717) is 18.2 Å². The van der Waals surface area contributed by atoms with Crippen molar-refractivity contribution in [2.24, 2.45) is 22.7 Å². The van der Waals surface area contributed by atoms with Crippen molar-refractivity contribution < 1.29 is 67.2 Å². The first kappa shape index (κ1) is 48.2. The molecule has 0 spiro atoms. The van der Waals surface area contributed by atoms with Crippen LogP contribution in [-0.4, -0.2) is 150 Å². The van der Waals surface area contributed by atoms with Gasteiger partial charge in [-0.05, 0) is 79.9 Å². The molecule has 4 fully saturated rings. The van der Waals surface area contributed by atoms with E-state index in [-0.39, 0.29) is 38.0 Å². The lowest BCUT2D eigenvalue weighted by atomic mass is 9.77. The molecule has 1 aromatic rings. The Balaban J connectivity index is 1.60. The SMILES string of the molecule is CC[C@H]1OC(=O)[C@H](C)[C@@H](O[C@H]2C[C@@](C)(OC)[C@@H](O)[C@H](C)O2)[C@H](C)[C@@H](O[C@@H]2O[C@H](C)C[C@H]3[C@H]2OC(=NCc2ccco2)N3C)[C@](C)(OC)C[C@@H](C)C(=O)N[C@H](C)[C@@H](O)[C@]1(C)O. The van der Waals surface area contributed by atoms with Crippen molar-refractivity contribution in [3.63, 3.8) is 0 Å². The molecule has 0 aromatic carbocycles. The topological polar surface area (TPSA) is 209 Å². The van der Waals surface area contributed by atoms with Gasteiger partial charge in [-0.3, -0.25) is 9.59 Å². The summed E-state index contributed by atoms with van der Waals surface area (Å²) in [5.41, 5.74) is -4.25. The van der Waals surface area contributed by atoms with Gasteiger partial charge in [-0.15, -0.1) is 0 Å². The average molecular weight is 854 g/mol. The summed E-state index contributed by atoms with van der Waals surface area (Å²) in [4.78, 5) is 35.0. The van der Waals surface area contributed by atoms with E-state index >= 15 is 0 Å². The highest BCUT2D eigenvalue weighted by Gasteiger charge is 2.55. The Kier molecular flexibility index (Phi) is 15.5. The van der Waals surface area contributed by atoms with Gasteiger partial charge in [-0.1, -0.05) is 20.8 Å². The van der Waals surface area contributed by atoms with Crippen LogP contribution in [0.5, 0.6) is 0 Å². The molecule has 5 heterocycles. The smallest absolute Gasteiger partial charge is 0.311 e. The first-order chi connectivity index (χ1) is 28.1. The van der Waals surface area contributed by atoms with Crippen molar-refractivity contribution in [1.29, 1.82) is 0 Å². The van der Waals surface area contributed by atoms with Crippen molar-refractivity contribution in [2.75, 3.05) is 21.3 Å². The third-order valence-corrected chi connectivity index (χ3v) is 13.5. The number of ether oxygens (including phenoxy) is 8. The second-order valence-electron chi connectivity index (χ2n) is 18.2. The van der Waals surface area contributed by atoms with Crippen molar-refractivity contribution >= 4 is 17.9 Å². The lowest BCUT2D eigenvalue weighted by molar-refractivity contribution is -0.315. The standard InChI is InChI=1S/C43H71N3O14/c1-14-30-43(10,51)34(47)26(6)45-37(49)22(2)19-42(9,53-13)36(24(4)32(25(5)38(50)57-30)58-31-20-41(8,52-12)35(48)27(7)56-31)60-39-33-29(18-23(3)55-39)46(11)40(59-33)44-21-28-16-15-17-54-28/h15-17,22-27,29-36,39,47-48,51H,14,18-21H2,1-13H3,(H,45,49)/t22-,23-,24+,25-,26-,27+,29+,30-,31+,32+,33-,34-,35+,36-,39+,41-,42-,43-/m1/s1. The summed E-state index contributed by atoms with van der Waals surface area (Å²) in [5.74, 6) is -2.87. The zero-order valence-corrected chi connectivity index (χ0v) is 37.7. The van der Waals surface area contributed by atoms with Crippen LogP contribution in [0.25, 0.3) is 0 Å². The zero-order chi connectivity index (χ0) is 44.5. The molecule has 18 atom stereocenters. The van der Waals surface area contributed by atoms with Gasteiger partial charge in [-0.2, -0.15) is 0 Å². The number of esters is 1. The fourth-order valence-electron chi connectivity index (χ4n) is 9.45. The highest BCUT2D eigenvalue weighted by molar-refractivity contribution is 5.79. The van der Waals surface area contributed by atoms with E-state index in [1.54, 1.807) is 53.9 Å². The van der Waals surface area contributed by atoms with Crippen molar-refractivity contribution in [1.82, 2.24) is 10.2 Å². The quantitative estimate of drug-likeness (QED) is 0.263. The van der Waals surface area contributed by atoms with E-state index in [4.69, 9.17) is 47.3 Å². The third-order valence-electron chi connectivity index (χ3n) is 13.5. The number of amidine groups is 1. The number of carbonyl (C=O) groups is 2. The maximum absolute atomic E-state index is 14.4. The second kappa shape index (κ2) is 19.3. The third kappa shape index (κ3) is 9.99. The Morgan fingerprint density at radius 2 is 1.63 bits per heavy atom. The van der Waals surface area contributed by atoms with Gasteiger partial charge in [0, 0.05) is 39.5 Å². The Hall–Kier alpha value is -2.87. The first-order valence-corrected chi connectivity index (χ1v) is 21.4. The van der Waals surface area contributed by atoms with Crippen LogP contribution in [-0.2, 0) is 54.0 Å². The molecular formula is C43H71N3O14. The Morgan fingerprint density at radius 3 is 2.25 bits per heavy atom. The number of nitrogens with one attached hydrogen (secondary N) is 1. The summed E-state index contributed by atoms with van der Waals surface area (Å²) < 4.78 is 57.0. The van der Waals surface area contributed by atoms with Gasteiger partial charge in [0.05, 0.1) is 59.9 Å². The van der Waals surface area contributed by atoms with Gasteiger partial charge < -0.3 is 67.8 Å². The number of furan rings is 1. The fraction of sp³-hybridized carbons (Fsp3) is 0.837. The van der Waals surface area contributed by atoms with Crippen LogP contribution in [0.15, 0.2) is 27.8 Å². The van der Waals surface area contributed by atoms with Gasteiger partial charge in [0.1, 0.15) is 36.2 Å². The molecule has 4 aliphatic rings.